The monoisotopic (exact) mass is 207 g/mol. The normalized spacial score (nSPS) is 10.4. The molecule has 0 spiro atoms. The average molecular weight is 207 g/mol. The summed E-state index contributed by atoms with van der Waals surface area (Å²) in [6.45, 7) is 2.85. The molecule has 2 heterocycles. The van der Waals surface area contributed by atoms with Gasteiger partial charge in [0.2, 0.25) is 0 Å². The molecule has 0 saturated carbocycles. The number of furan rings is 1. The van der Waals surface area contributed by atoms with Crippen LogP contribution >= 0.6 is 11.3 Å². The maximum absolute atomic E-state index is 5.57. The lowest BCUT2D eigenvalue weighted by Crippen LogP contribution is -1.95. The van der Waals surface area contributed by atoms with Crippen LogP contribution < -0.4 is 5.32 Å². The van der Waals surface area contributed by atoms with Crippen molar-refractivity contribution in [3.63, 3.8) is 0 Å². The molecule has 0 aliphatic heterocycles. The van der Waals surface area contributed by atoms with E-state index in [0.717, 1.165) is 30.2 Å². The molecule has 14 heavy (non-hydrogen) atoms. The van der Waals surface area contributed by atoms with Gasteiger partial charge < -0.3 is 9.73 Å². The van der Waals surface area contributed by atoms with E-state index >= 15 is 0 Å². The largest absolute Gasteiger partial charge is 0.464 e. The van der Waals surface area contributed by atoms with Gasteiger partial charge in [0, 0.05) is 17.5 Å². The van der Waals surface area contributed by atoms with Gasteiger partial charge in [0.1, 0.15) is 11.5 Å². The van der Waals surface area contributed by atoms with Crippen LogP contribution in [0.15, 0.2) is 33.4 Å². The maximum Gasteiger partial charge on any atom is 0.123 e. The Hall–Kier alpha value is -1.22. The van der Waals surface area contributed by atoms with Gasteiger partial charge in [-0.15, -0.1) is 0 Å². The van der Waals surface area contributed by atoms with Crippen LogP contribution in [0, 0.1) is 0 Å². The lowest BCUT2D eigenvalue weighted by atomic mass is 10.3. The standard InChI is InChI=1S/C11H13NOS/c1-2-10-3-4-11(13-10)7-12-9-5-6-14-8-9/h3-6,8,12H,2,7H2,1H3. The first kappa shape index (κ1) is 9.34. The summed E-state index contributed by atoms with van der Waals surface area (Å²) in [5.74, 6) is 2.04. The Bertz CT molecular complexity index is 378. The van der Waals surface area contributed by atoms with Gasteiger partial charge in [-0.2, -0.15) is 11.3 Å². The number of rotatable bonds is 4. The van der Waals surface area contributed by atoms with Crippen LogP contribution in [0.25, 0.3) is 0 Å². The van der Waals surface area contributed by atoms with Gasteiger partial charge in [0.05, 0.1) is 6.54 Å². The minimum absolute atomic E-state index is 0.761. The molecule has 0 aliphatic rings. The molecule has 74 valence electrons. The molecule has 2 aromatic heterocycles. The molecule has 0 aliphatic carbocycles. The molecule has 2 aromatic rings. The zero-order chi connectivity index (χ0) is 9.80. The lowest BCUT2D eigenvalue weighted by molar-refractivity contribution is 0.476. The van der Waals surface area contributed by atoms with Gasteiger partial charge in [-0.05, 0) is 23.6 Å². The quantitative estimate of drug-likeness (QED) is 0.829. The summed E-state index contributed by atoms with van der Waals surface area (Å²) in [6, 6.07) is 6.12. The van der Waals surface area contributed by atoms with E-state index in [1.807, 2.05) is 12.1 Å². The summed E-state index contributed by atoms with van der Waals surface area (Å²) in [6.07, 6.45) is 0.957. The first-order valence-electron chi connectivity index (χ1n) is 4.72. The Morgan fingerprint density at radius 3 is 2.79 bits per heavy atom. The van der Waals surface area contributed by atoms with Gasteiger partial charge in [0.15, 0.2) is 0 Å². The Morgan fingerprint density at radius 2 is 2.14 bits per heavy atom. The fourth-order valence-corrected chi connectivity index (χ4v) is 1.87. The predicted molar refractivity (Wildman–Crippen MR) is 59.7 cm³/mol. The highest BCUT2D eigenvalue weighted by molar-refractivity contribution is 7.08. The highest BCUT2D eigenvalue weighted by atomic mass is 32.1. The van der Waals surface area contributed by atoms with Gasteiger partial charge in [-0.1, -0.05) is 6.92 Å². The van der Waals surface area contributed by atoms with E-state index in [1.165, 1.54) is 0 Å². The molecule has 0 aromatic carbocycles. The second kappa shape index (κ2) is 4.33. The summed E-state index contributed by atoms with van der Waals surface area (Å²) < 4.78 is 5.57. The van der Waals surface area contributed by atoms with E-state index in [-0.39, 0.29) is 0 Å². The van der Waals surface area contributed by atoms with Crippen LogP contribution in [0.1, 0.15) is 18.4 Å². The molecule has 0 atom stereocenters. The Balaban J connectivity index is 1.92. The second-order valence-corrected chi connectivity index (χ2v) is 3.87. The van der Waals surface area contributed by atoms with E-state index in [0.29, 0.717) is 0 Å². The first-order valence-corrected chi connectivity index (χ1v) is 5.66. The fourth-order valence-electron chi connectivity index (χ4n) is 1.26. The molecule has 2 nitrogen and oxygen atoms in total. The van der Waals surface area contributed by atoms with Crippen molar-refractivity contribution in [1.82, 2.24) is 0 Å². The lowest BCUT2D eigenvalue weighted by Gasteiger charge is -1.99. The Kier molecular flexibility index (Phi) is 2.89. The van der Waals surface area contributed by atoms with Crippen LogP contribution in [0.5, 0.6) is 0 Å². The fraction of sp³-hybridized carbons (Fsp3) is 0.273. The molecule has 3 heteroatoms. The van der Waals surface area contributed by atoms with Gasteiger partial charge >= 0.3 is 0 Å². The molecular formula is C11H13NOS. The average Bonchev–Trinajstić information content (AvgIpc) is 2.86. The number of hydrogen-bond acceptors (Lipinski definition) is 3. The molecule has 1 N–H and O–H groups in total. The first-order chi connectivity index (χ1) is 6.88. The Morgan fingerprint density at radius 1 is 1.29 bits per heavy atom. The third-order valence-corrected chi connectivity index (χ3v) is 2.74. The summed E-state index contributed by atoms with van der Waals surface area (Å²) in [5.41, 5.74) is 1.16. The number of thiophene rings is 1. The molecule has 0 unspecified atom stereocenters. The molecule has 0 radical (unpaired) electrons. The topological polar surface area (TPSA) is 25.2 Å². The van der Waals surface area contributed by atoms with Crippen molar-refractivity contribution in [3.05, 3.63) is 40.5 Å². The van der Waals surface area contributed by atoms with Gasteiger partial charge in [-0.3, -0.25) is 0 Å². The number of aryl methyl sites for hydroxylation is 1. The van der Waals surface area contributed by atoms with E-state index in [4.69, 9.17) is 4.42 Å². The van der Waals surface area contributed by atoms with Crippen LogP contribution in [0.2, 0.25) is 0 Å². The molecule has 2 rings (SSSR count). The SMILES string of the molecule is CCc1ccc(CNc2ccsc2)o1. The minimum Gasteiger partial charge on any atom is -0.464 e. The van der Waals surface area contributed by atoms with E-state index in [9.17, 15) is 0 Å². The van der Waals surface area contributed by atoms with Gasteiger partial charge in [-0.25, -0.2) is 0 Å². The maximum atomic E-state index is 5.57. The summed E-state index contributed by atoms with van der Waals surface area (Å²) in [7, 11) is 0. The predicted octanol–water partition coefficient (Wildman–Crippen LogP) is 3.52. The summed E-state index contributed by atoms with van der Waals surface area (Å²) in [4.78, 5) is 0. The summed E-state index contributed by atoms with van der Waals surface area (Å²) in [5, 5.41) is 7.44. The minimum atomic E-state index is 0.761. The van der Waals surface area contributed by atoms with Crippen LogP contribution in [0.4, 0.5) is 5.69 Å². The van der Waals surface area contributed by atoms with E-state index < -0.39 is 0 Å². The third kappa shape index (κ3) is 2.17. The summed E-state index contributed by atoms with van der Waals surface area (Å²) >= 11 is 1.69. The highest BCUT2D eigenvalue weighted by Gasteiger charge is 1.99. The molecule has 0 saturated heterocycles. The van der Waals surface area contributed by atoms with Crippen molar-refractivity contribution in [2.45, 2.75) is 19.9 Å². The molecule has 0 fully saturated rings. The molecule has 0 bridgehead atoms. The Labute approximate surface area is 87.6 Å². The number of anilines is 1. The van der Waals surface area contributed by atoms with Crippen LogP contribution in [-0.2, 0) is 13.0 Å². The van der Waals surface area contributed by atoms with E-state index in [2.05, 4.69) is 29.1 Å². The highest BCUT2D eigenvalue weighted by Crippen LogP contribution is 2.14. The van der Waals surface area contributed by atoms with Gasteiger partial charge in [0.25, 0.3) is 0 Å². The van der Waals surface area contributed by atoms with Crippen molar-refractivity contribution in [3.8, 4) is 0 Å². The van der Waals surface area contributed by atoms with Crippen LogP contribution in [0.3, 0.4) is 0 Å². The zero-order valence-corrected chi connectivity index (χ0v) is 8.93. The van der Waals surface area contributed by atoms with Crippen molar-refractivity contribution in [1.29, 1.82) is 0 Å². The smallest absolute Gasteiger partial charge is 0.123 e. The van der Waals surface area contributed by atoms with Crippen molar-refractivity contribution < 1.29 is 4.42 Å². The van der Waals surface area contributed by atoms with Crippen LogP contribution in [-0.4, -0.2) is 0 Å². The second-order valence-electron chi connectivity index (χ2n) is 3.09. The molecular weight excluding hydrogens is 194 g/mol. The van der Waals surface area contributed by atoms with E-state index in [1.54, 1.807) is 11.3 Å². The molecule has 0 amide bonds. The zero-order valence-electron chi connectivity index (χ0n) is 8.12. The number of hydrogen-bond donors (Lipinski definition) is 1. The van der Waals surface area contributed by atoms with Crippen molar-refractivity contribution in [2.24, 2.45) is 0 Å². The third-order valence-electron chi connectivity index (χ3n) is 2.05. The van der Waals surface area contributed by atoms with Crippen molar-refractivity contribution >= 4 is 17.0 Å². The number of nitrogens with one attached hydrogen (secondary N) is 1. The van der Waals surface area contributed by atoms with Crippen molar-refractivity contribution in [2.75, 3.05) is 5.32 Å².